The summed E-state index contributed by atoms with van der Waals surface area (Å²) in [6.45, 7) is 4.60. The molecular weight excluding hydrogens is 318 g/mol. The number of nitrogens with zero attached hydrogens (tertiary/aromatic N) is 3. The molecule has 0 N–H and O–H groups in total. The standard InChI is InChI=1S/C19H19N3O3/c1-4-21-19(14-8-7-9-15(12-14)22(23)24)18(13(2)20-21)16-10-5-6-11-17(16)25-3/h5-12H,4H2,1-3H3. The van der Waals surface area contributed by atoms with E-state index in [9.17, 15) is 10.1 Å². The van der Waals surface area contributed by atoms with Gasteiger partial charge in [0.2, 0.25) is 0 Å². The Labute approximate surface area is 145 Å². The number of aromatic nitrogens is 2. The third-order valence-electron chi connectivity index (χ3n) is 4.13. The number of aryl methyl sites for hydroxylation is 2. The van der Waals surface area contributed by atoms with Gasteiger partial charge in [-0.15, -0.1) is 0 Å². The lowest BCUT2D eigenvalue weighted by Crippen LogP contribution is -2.00. The third kappa shape index (κ3) is 2.98. The normalized spacial score (nSPS) is 10.7. The lowest BCUT2D eigenvalue weighted by Gasteiger charge is -2.12. The van der Waals surface area contributed by atoms with E-state index < -0.39 is 0 Å². The van der Waals surface area contributed by atoms with Gasteiger partial charge in [0.05, 0.1) is 23.4 Å². The Morgan fingerprint density at radius 3 is 2.64 bits per heavy atom. The highest BCUT2D eigenvalue weighted by Crippen LogP contribution is 2.40. The maximum absolute atomic E-state index is 11.2. The highest BCUT2D eigenvalue weighted by molar-refractivity contribution is 5.86. The minimum Gasteiger partial charge on any atom is -0.496 e. The molecule has 3 rings (SSSR count). The van der Waals surface area contributed by atoms with Crippen LogP contribution in [0.4, 0.5) is 5.69 Å². The summed E-state index contributed by atoms with van der Waals surface area (Å²) in [7, 11) is 1.63. The second-order valence-electron chi connectivity index (χ2n) is 5.63. The minimum atomic E-state index is -0.383. The average Bonchev–Trinajstić information content (AvgIpc) is 2.98. The largest absolute Gasteiger partial charge is 0.496 e. The molecule has 0 amide bonds. The van der Waals surface area contributed by atoms with Gasteiger partial charge in [-0.3, -0.25) is 14.8 Å². The maximum atomic E-state index is 11.2. The number of methoxy groups -OCH3 is 1. The molecule has 6 nitrogen and oxygen atoms in total. The number of nitro benzene ring substituents is 1. The van der Waals surface area contributed by atoms with Gasteiger partial charge in [0.25, 0.3) is 5.69 Å². The van der Waals surface area contributed by atoms with Gasteiger partial charge in [0, 0.05) is 35.4 Å². The highest BCUT2D eigenvalue weighted by atomic mass is 16.6. The van der Waals surface area contributed by atoms with Crippen LogP contribution < -0.4 is 4.74 Å². The maximum Gasteiger partial charge on any atom is 0.270 e. The molecule has 0 aliphatic heterocycles. The molecule has 0 bridgehead atoms. The minimum absolute atomic E-state index is 0.0602. The van der Waals surface area contributed by atoms with Crippen LogP contribution in [0.2, 0.25) is 0 Å². The molecule has 3 aromatic rings. The van der Waals surface area contributed by atoms with Gasteiger partial charge in [-0.05, 0) is 19.9 Å². The summed E-state index contributed by atoms with van der Waals surface area (Å²) in [4.78, 5) is 10.8. The quantitative estimate of drug-likeness (QED) is 0.509. The number of benzene rings is 2. The molecule has 1 heterocycles. The first-order chi connectivity index (χ1) is 12.1. The Morgan fingerprint density at radius 1 is 1.20 bits per heavy atom. The van der Waals surface area contributed by atoms with E-state index >= 15 is 0 Å². The van der Waals surface area contributed by atoms with Crippen LogP contribution in [0, 0.1) is 17.0 Å². The fourth-order valence-corrected chi connectivity index (χ4v) is 3.04. The van der Waals surface area contributed by atoms with E-state index in [1.165, 1.54) is 6.07 Å². The fourth-order valence-electron chi connectivity index (χ4n) is 3.04. The Morgan fingerprint density at radius 2 is 1.96 bits per heavy atom. The first-order valence-electron chi connectivity index (χ1n) is 8.02. The van der Waals surface area contributed by atoms with Crippen molar-refractivity contribution >= 4 is 5.69 Å². The molecule has 128 valence electrons. The van der Waals surface area contributed by atoms with E-state index in [-0.39, 0.29) is 10.6 Å². The van der Waals surface area contributed by atoms with Crippen molar-refractivity contribution in [1.29, 1.82) is 0 Å². The van der Waals surface area contributed by atoms with E-state index in [0.29, 0.717) is 6.54 Å². The van der Waals surface area contributed by atoms with Crippen molar-refractivity contribution in [3.05, 3.63) is 64.3 Å². The molecule has 0 radical (unpaired) electrons. The first kappa shape index (κ1) is 16.7. The van der Waals surface area contributed by atoms with E-state index in [0.717, 1.165) is 33.8 Å². The molecule has 0 unspecified atom stereocenters. The van der Waals surface area contributed by atoms with Gasteiger partial charge >= 0.3 is 0 Å². The van der Waals surface area contributed by atoms with Crippen molar-refractivity contribution in [1.82, 2.24) is 9.78 Å². The fraction of sp³-hybridized carbons (Fsp3) is 0.211. The van der Waals surface area contributed by atoms with E-state index in [4.69, 9.17) is 4.74 Å². The lowest BCUT2D eigenvalue weighted by atomic mass is 9.98. The lowest BCUT2D eigenvalue weighted by molar-refractivity contribution is -0.384. The molecule has 1 aromatic heterocycles. The number of nitro groups is 1. The smallest absolute Gasteiger partial charge is 0.270 e. The third-order valence-corrected chi connectivity index (χ3v) is 4.13. The predicted octanol–water partition coefficient (Wildman–Crippen LogP) is 4.46. The molecule has 2 aromatic carbocycles. The molecule has 0 atom stereocenters. The highest BCUT2D eigenvalue weighted by Gasteiger charge is 2.21. The van der Waals surface area contributed by atoms with Gasteiger partial charge in [0.1, 0.15) is 5.75 Å². The molecule has 0 spiro atoms. The van der Waals surface area contributed by atoms with Crippen LogP contribution in [0.15, 0.2) is 48.5 Å². The molecule has 0 saturated heterocycles. The van der Waals surface area contributed by atoms with Gasteiger partial charge in [-0.25, -0.2) is 0 Å². The molecule has 25 heavy (non-hydrogen) atoms. The van der Waals surface area contributed by atoms with E-state index in [2.05, 4.69) is 5.10 Å². The number of para-hydroxylation sites is 1. The second kappa shape index (κ2) is 6.76. The van der Waals surface area contributed by atoms with E-state index in [1.54, 1.807) is 19.2 Å². The number of hydrogen-bond acceptors (Lipinski definition) is 4. The van der Waals surface area contributed by atoms with Crippen molar-refractivity contribution in [2.45, 2.75) is 20.4 Å². The Hall–Kier alpha value is -3.15. The summed E-state index contributed by atoms with van der Waals surface area (Å²) in [5, 5.41) is 15.8. The zero-order chi connectivity index (χ0) is 18.0. The van der Waals surface area contributed by atoms with Gasteiger partial charge in [-0.2, -0.15) is 5.10 Å². The number of non-ortho nitro benzene ring substituents is 1. The number of ether oxygens (including phenoxy) is 1. The van der Waals surface area contributed by atoms with Gasteiger partial charge < -0.3 is 4.74 Å². The number of rotatable bonds is 5. The van der Waals surface area contributed by atoms with Crippen molar-refractivity contribution < 1.29 is 9.66 Å². The van der Waals surface area contributed by atoms with Crippen molar-refractivity contribution in [2.75, 3.05) is 7.11 Å². The van der Waals surface area contributed by atoms with Gasteiger partial charge in [-0.1, -0.05) is 30.3 Å². The monoisotopic (exact) mass is 337 g/mol. The summed E-state index contributed by atoms with van der Waals surface area (Å²) in [5.74, 6) is 0.743. The molecule has 6 heteroatoms. The van der Waals surface area contributed by atoms with Crippen molar-refractivity contribution in [3.63, 3.8) is 0 Å². The summed E-state index contributed by atoms with van der Waals surface area (Å²) in [6.07, 6.45) is 0. The van der Waals surface area contributed by atoms with Crippen molar-refractivity contribution in [2.24, 2.45) is 0 Å². The molecule has 0 aliphatic carbocycles. The van der Waals surface area contributed by atoms with Gasteiger partial charge in [0.15, 0.2) is 0 Å². The van der Waals surface area contributed by atoms with Crippen LogP contribution >= 0.6 is 0 Å². The van der Waals surface area contributed by atoms with Crippen LogP contribution in [0.1, 0.15) is 12.6 Å². The van der Waals surface area contributed by atoms with Crippen LogP contribution in [0.3, 0.4) is 0 Å². The zero-order valence-electron chi connectivity index (χ0n) is 14.4. The van der Waals surface area contributed by atoms with Crippen LogP contribution in [0.25, 0.3) is 22.4 Å². The molecule has 0 aliphatic rings. The zero-order valence-corrected chi connectivity index (χ0v) is 14.4. The first-order valence-corrected chi connectivity index (χ1v) is 8.02. The predicted molar refractivity (Wildman–Crippen MR) is 96.7 cm³/mol. The van der Waals surface area contributed by atoms with Crippen LogP contribution in [-0.2, 0) is 6.54 Å². The average molecular weight is 337 g/mol. The Bertz CT molecular complexity index is 931. The summed E-state index contributed by atoms with van der Waals surface area (Å²) >= 11 is 0. The topological polar surface area (TPSA) is 70.2 Å². The van der Waals surface area contributed by atoms with Crippen LogP contribution in [0.5, 0.6) is 5.75 Å². The Kier molecular flexibility index (Phi) is 4.52. The summed E-state index contributed by atoms with van der Waals surface area (Å²) in [5.41, 5.74) is 4.38. The van der Waals surface area contributed by atoms with Crippen LogP contribution in [-0.4, -0.2) is 21.8 Å². The number of hydrogen-bond donors (Lipinski definition) is 0. The summed E-state index contributed by atoms with van der Waals surface area (Å²) < 4.78 is 7.38. The Balaban J connectivity index is 2.30. The molecule has 0 fully saturated rings. The molecular formula is C19H19N3O3. The SMILES string of the molecule is CCn1nc(C)c(-c2ccccc2OC)c1-c1cccc([N+](=O)[O-])c1. The summed E-state index contributed by atoms with van der Waals surface area (Å²) in [6, 6.07) is 14.4. The van der Waals surface area contributed by atoms with Crippen molar-refractivity contribution in [3.8, 4) is 28.1 Å². The second-order valence-corrected chi connectivity index (χ2v) is 5.63. The van der Waals surface area contributed by atoms with E-state index in [1.807, 2.05) is 48.9 Å². The molecule has 0 saturated carbocycles.